The van der Waals surface area contributed by atoms with Gasteiger partial charge in [0.1, 0.15) is 11.7 Å². The molecule has 1 aromatic heterocycles. The molecule has 0 radical (unpaired) electrons. The van der Waals surface area contributed by atoms with E-state index in [0.717, 1.165) is 30.3 Å². The second kappa shape index (κ2) is 6.43. The molecule has 1 unspecified atom stereocenters. The van der Waals surface area contributed by atoms with Crippen molar-refractivity contribution in [1.29, 1.82) is 0 Å². The number of halogens is 1. The first-order valence-corrected chi connectivity index (χ1v) is 7.73. The normalized spacial score (nSPS) is 19.1. The maximum Gasteiger partial charge on any atom is 0.326 e. The lowest BCUT2D eigenvalue weighted by Gasteiger charge is -2.33. The summed E-state index contributed by atoms with van der Waals surface area (Å²) in [5.74, 6) is -1.10. The number of aryl methyl sites for hydroxylation is 1. The summed E-state index contributed by atoms with van der Waals surface area (Å²) < 4.78 is 2.73. The Morgan fingerprint density at radius 3 is 2.85 bits per heavy atom. The molecule has 0 bridgehead atoms. The van der Waals surface area contributed by atoms with Crippen molar-refractivity contribution < 1.29 is 14.7 Å². The SMILES string of the molecule is CCCn1cc(Br)cc1C(=O)N1CCCCC1C(=O)O. The lowest BCUT2D eigenvalue weighted by Crippen LogP contribution is -2.48. The monoisotopic (exact) mass is 342 g/mol. The van der Waals surface area contributed by atoms with E-state index in [-0.39, 0.29) is 5.91 Å². The predicted molar refractivity (Wildman–Crippen MR) is 78.7 cm³/mol. The Bertz CT molecular complexity index is 513. The minimum atomic E-state index is -0.911. The van der Waals surface area contributed by atoms with E-state index in [1.54, 1.807) is 6.07 Å². The zero-order valence-electron chi connectivity index (χ0n) is 11.5. The number of carbonyl (C=O) groups is 2. The van der Waals surface area contributed by atoms with Gasteiger partial charge < -0.3 is 14.6 Å². The van der Waals surface area contributed by atoms with Gasteiger partial charge in [-0.05, 0) is 47.7 Å². The first kappa shape index (κ1) is 15.1. The predicted octanol–water partition coefficient (Wildman–Crippen LogP) is 2.74. The fraction of sp³-hybridized carbons (Fsp3) is 0.571. The Balaban J connectivity index is 2.27. The van der Waals surface area contributed by atoms with Crippen LogP contribution in [0.3, 0.4) is 0 Å². The Labute approximate surface area is 126 Å². The smallest absolute Gasteiger partial charge is 0.326 e. The van der Waals surface area contributed by atoms with Gasteiger partial charge >= 0.3 is 5.97 Å². The lowest BCUT2D eigenvalue weighted by molar-refractivity contribution is -0.143. The average molecular weight is 343 g/mol. The first-order valence-electron chi connectivity index (χ1n) is 6.94. The van der Waals surface area contributed by atoms with Gasteiger partial charge in [0.05, 0.1) is 0 Å². The topological polar surface area (TPSA) is 62.5 Å². The maximum atomic E-state index is 12.6. The third-order valence-corrected chi connectivity index (χ3v) is 4.03. The zero-order valence-corrected chi connectivity index (χ0v) is 13.1. The van der Waals surface area contributed by atoms with E-state index < -0.39 is 12.0 Å². The Hall–Kier alpha value is -1.30. The van der Waals surface area contributed by atoms with Crippen LogP contribution in [-0.2, 0) is 11.3 Å². The molecule has 6 heteroatoms. The lowest BCUT2D eigenvalue weighted by atomic mass is 10.0. The molecular formula is C14H19BrN2O3. The number of hydrogen-bond acceptors (Lipinski definition) is 2. The number of amides is 1. The second-order valence-electron chi connectivity index (χ2n) is 5.09. The van der Waals surface area contributed by atoms with Gasteiger partial charge in [-0.15, -0.1) is 0 Å². The molecule has 0 aliphatic carbocycles. The number of carbonyl (C=O) groups excluding carboxylic acids is 1. The number of carboxylic acid groups (broad SMARTS) is 1. The van der Waals surface area contributed by atoms with E-state index in [4.69, 9.17) is 0 Å². The van der Waals surface area contributed by atoms with E-state index in [1.807, 2.05) is 17.7 Å². The van der Waals surface area contributed by atoms with Gasteiger partial charge in [0.15, 0.2) is 0 Å². The fourth-order valence-electron chi connectivity index (χ4n) is 2.66. The van der Waals surface area contributed by atoms with Crippen LogP contribution in [0.1, 0.15) is 43.1 Å². The van der Waals surface area contributed by atoms with Gasteiger partial charge in [0, 0.05) is 23.8 Å². The molecule has 0 spiro atoms. The van der Waals surface area contributed by atoms with E-state index >= 15 is 0 Å². The van der Waals surface area contributed by atoms with Crippen LogP contribution in [0, 0.1) is 0 Å². The summed E-state index contributed by atoms with van der Waals surface area (Å²) in [5, 5.41) is 9.27. The summed E-state index contributed by atoms with van der Waals surface area (Å²) >= 11 is 3.38. The summed E-state index contributed by atoms with van der Waals surface area (Å²) in [5.41, 5.74) is 0.562. The molecule has 0 saturated carbocycles. The van der Waals surface area contributed by atoms with Crippen molar-refractivity contribution >= 4 is 27.8 Å². The third kappa shape index (κ3) is 3.06. The van der Waals surface area contributed by atoms with Crippen molar-refractivity contribution in [2.75, 3.05) is 6.54 Å². The summed E-state index contributed by atoms with van der Waals surface area (Å²) in [6.07, 6.45) is 5.06. The van der Waals surface area contributed by atoms with E-state index in [1.165, 1.54) is 4.90 Å². The maximum absolute atomic E-state index is 12.6. The highest BCUT2D eigenvalue weighted by molar-refractivity contribution is 9.10. The molecule has 110 valence electrons. The molecule has 2 rings (SSSR count). The highest BCUT2D eigenvalue weighted by atomic mass is 79.9. The molecule has 1 saturated heterocycles. The Morgan fingerprint density at radius 1 is 1.45 bits per heavy atom. The van der Waals surface area contributed by atoms with Crippen molar-refractivity contribution in [3.63, 3.8) is 0 Å². The molecular weight excluding hydrogens is 324 g/mol. The highest BCUT2D eigenvalue weighted by Gasteiger charge is 2.33. The second-order valence-corrected chi connectivity index (χ2v) is 6.00. The van der Waals surface area contributed by atoms with Crippen LogP contribution < -0.4 is 0 Å². The molecule has 1 aliphatic heterocycles. The minimum absolute atomic E-state index is 0.184. The van der Waals surface area contributed by atoms with Crippen molar-refractivity contribution in [3.05, 3.63) is 22.4 Å². The van der Waals surface area contributed by atoms with Crippen LogP contribution in [0.25, 0.3) is 0 Å². The number of aliphatic carboxylic acids is 1. The van der Waals surface area contributed by atoms with Crippen molar-refractivity contribution in [1.82, 2.24) is 9.47 Å². The molecule has 1 N–H and O–H groups in total. The molecule has 0 aromatic carbocycles. The van der Waals surface area contributed by atoms with Crippen LogP contribution in [0.5, 0.6) is 0 Å². The van der Waals surface area contributed by atoms with Crippen molar-refractivity contribution in [2.45, 2.75) is 45.2 Å². The largest absolute Gasteiger partial charge is 0.480 e. The summed E-state index contributed by atoms with van der Waals surface area (Å²) in [4.78, 5) is 25.5. The zero-order chi connectivity index (χ0) is 14.7. The fourth-order valence-corrected chi connectivity index (χ4v) is 3.12. The van der Waals surface area contributed by atoms with Crippen molar-refractivity contribution in [3.8, 4) is 0 Å². The molecule has 20 heavy (non-hydrogen) atoms. The number of hydrogen-bond donors (Lipinski definition) is 1. The summed E-state index contributed by atoms with van der Waals surface area (Å²) in [6, 6.07) is 1.07. The van der Waals surface area contributed by atoms with Gasteiger partial charge in [-0.1, -0.05) is 6.92 Å². The summed E-state index contributed by atoms with van der Waals surface area (Å²) in [7, 11) is 0. The molecule has 1 amide bonds. The number of piperidine rings is 1. The van der Waals surface area contributed by atoms with Crippen LogP contribution in [0.2, 0.25) is 0 Å². The number of nitrogens with zero attached hydrogens (tertiary/aromatic N) is 2. The molecule has 5 nitrogen and oxygen atoms in total. The average Bonchev–Trinajstić information content (AvgIpc) is 2.79. The van der Waals surface area contributed by atoms with Crippen LogP contribution >= 0.6 is 15.9 Å². The Kier molecular flexibility index (Phi) is 4.86. The summed E-state index contributed by atoms with van der Waals surface area (Å²) in [6.45, 7) is 3.31. The molecule has 1 aliphatic rings. The molecule has 1 aromatic rings. The van der Waals surface area contributed by atoms with Gasteiger partial charge in [0.2, 0.25) is 0 Å². The van der Waals surface area contributed by atoms with Crippen LogP contribution in [0.4, 0.5) is 0 Å². The molecule has 1 fully saturated rings. The first-order chi connectivity index (χ1) is 9.54. The standard InChI is InChI=1S/C14H19BrN2O3/c1-2-6-16-9-10(15)8-12(16)13(18)17-7-4-3-5-11(17)14(19)20/h8-9,11H,2-7H2,1H3,(H,19,20). The van der Waals surface area contributed by atoms with Gasteiger partial charge in [-0.2, -0.15) is 0 Å². The third-order valence-electron chi connectivity index (χ3n) is 3.60. The number of likely N-dealkylation sites (tertiary alicyclic amines) is 1. The molecule has 2 heterocycles. The molecule has 1 atom stereocenters. The quantitative estimate of drug-likeness (QED) is 0.914. The number of aromatic nitrogens is 1. The number of rotatable bonds is 4. The van der Waals surface area contributed by atoms with Gasteiger partial charge in [0.25, 0.3) is 5.91 Å². The Morgan fingerprint density at radius 2 is 2.20 bits per heavy atom. The minimum Gasteiger partial charge on any atom is -0.480 e. The number of carboxylic acids is 1. The van der Waals surface area contributed by atoms with E-state index in [2.05, 4.69) is 15.9 Å². The van der Waals surface area contributed by atoms with Crippen molar-refractivity contribution in [2.24, 2.45) is 0 Å². The van der Waals surface area contributed by atoms with Crippen LogP contribution in [-0.4, -0.2) is 39.0 Å². The van der Waals surface area contributed by atoms with E-state index in [9.17, 15) is 14.7 Å². The van der Waals surface area contributed by atoms with Crippen LogP contribution in [0.15, 0.2) is 16.7 Å². The van der Waals surface area contributed by atoms with Gasteiger partial charge in [-0.25, -0.2) is 4.79 Å². The highest BCUT2D eigenvalue weighted by Crippen LogP contribution is 2.23. The van der Waals surface area contributed by atoms with Gasteiger partial charge in [-0.3, -0.25) is 4.79 Å². The van der Waals surface area contributed by atoms with E-state index in [0.29, 0.717) is 18.7 Å².